The van der Waals surface area contributed by atoms with Gasteiger partial charge in [-0.05, 0) is 24.3 Å². The third kappa shape index (κ3) is 3.22. The number of halogens is 1. The summed E-state index contributed by atoms with van der Waals surface area (Å²) in [7, 11) is -3.85. The zero-order valence-corrected chi connectivity index (χ0v) is 11.4. The van der Waals surface area contributed by atoms with Crippen molar-refractivity contribution in [2.24, 2.45) is 0 Å². The van der Waals surface area contributed by atoms with Crippen molar-refractivity contribution in [3.05, 3.63) is 57.7 Å². The highest BCUT2D eigenvalue weighted by Gasteiger charge is 2.16. The Labute approximate surface area is 119 Å². The lowest BCUT2D eigenvalue weighted by molar-refractivity contribution is -0.384. The van der Waals surface area contributed by atoms with Crippen LogP contribution in [0.25, 0.3) is 0 Å². The standard InChI is InChI=1S/C11H8ClN3O4S/c12-8-1-6-11(13-7-8)14-20(18,19)10-4-2-9(3-5-10)15(16)17/h1-7H,(H,13,14). The molecule has 0 aliphatic rings. The third-order valence-corrected chi connectivity index (χ3v) is 3.92. The number of nitro benzene ring substituents is 1. The van der Waals surface area contributed by atoms with Gasteiger partial charge in [0.1, 0.15) is 5.82 Å². The first-order valence-electron chi connectivity index (χ1n) is 5.27. The van der Waals surface area contributed by atoms with E-state index in [1.54, 1.807) is 0 Å². The first-order chi connectivity index (χ1) is 9.38. The number of nitro groups is 1. The molecule has 104 valence electrons. The molecule has 0 radical (unpaired) electrons. The van der Waals surface area contributed by atoms with E-state index in [1.807, 2.05) is 0 Å². The summed E-state index contributed by atoms with van der Waals surface area (Å²) in [6, 6.07) is 7.42. The van der Waals surface area contributed by atoms with Crippen LogP contribution in [0.3, 0.4) is 0 Å². The minimum atomic E-state index is -3.85. The zero-order chi connectivity index (χ0) is 14.8. The number of aromatic nitrogens is 1. The molecule has 0 bridgehead atoms. The van der Waals surface area contributed by atoms with Gasteiger partial charge in [-0.1, -0.05) is 11.6 Å². The molecule has 0 amide bonds. The van der Waals surface area contributed by atoms with Crippen molar-refractivity contribution in [3.63, 3.8) is 0 Å². The molecular weight excluding hydrogens is 306 g/mol. The predicted octanol–water partition coefficient (Wildman–Crippen LogP) is 2.44. The van der Waals surface area contributed by atoms with Crippen LogP contribution in [0.2, 0.25) is 5.02 Å². The summed E-state index contributed by atoms with van der Waals surface area (Å²) in [5.74, 6) is 0.104. The number of anilines is 1. The Bertz CT molecular complexity index is 729. The van der Waals surface area contributed by atoms with E-state index in [2.05, 4.69) is 9.71 Å². The van der Waals surface area contributed by atoms with E-state index in [1.165, 1.54) is 18.3 Å². The maximum absolute atomic E-state index is 12.0. The topological polar surface area (TPSA) is 102 Å². The molecule has 1 N–H and O–H groups in total. The second-order valence-corrected chi connectivity index (χ2v) is 5.84. The van der Waals surface area contributed by atoms with Crippen LogP contribution in [0.4, 0.5) is 11.5 Å². The summed E-state index contributed by atoms with van der Waals surface area (Å²) < 4.78 is 26.3. The summed E-state index contributed by atoms with van der Waals surface area (Å²) in [6.07, 6.45) is 1.30. The third-order valence-electron chi connectivity index (χ3n) is 2.32. The van der Waals surface area contributed by atoms with Gasteiger partial charge in [-0.3, -0.25) is 14.8 Å². The average molecular weight is 314 g/mol. The van der Waals surface area contributed by atoms with E-state index in [-0.39, 0.29) is 16.4 Å². The fourth-order valence-electron chi connectivity index (χ4n) is 1.38. The number of benzene rings is 1. The molecular formula is C11H8ClN3O4S. The molecule has 0 atom stereocenters. The van der Waals surface area contributed by atoms with Crippen LogP contribution < -0.4 is 4.72 Å². The van der Waals surface area contributed by atoms with Gasteiger partial charge in [0.05, 0.1) is 14.8 Å². The van der Waals surface area contributed by atoms with Crippen LogP contribution in [0.15, 0.2) is 47.5 Å². The second kappa shape index (κ2) is 5.43. The van der Waals surface area contributed by atoms with Gasteiger partial charge in [-0.25, -0.2) is 13.4 Å². The molecule has 9 heteroatoms. The van der Waals surface area contributed by atoms with Gasteiger partial charge in [-0.15, -0.1) is 0 Å². The van der Waals surface area contributed by atoms with Crippen molar-refractivity contribution in [1.82, 2.24) is 4.98 Å². The molecule has 20 heavy (non-hydrogen) atoms. The van der Waals surface area contributed by atoms with Crippen molar-refractivity contribution in [2.45, 2.75) is 4.90 Å². The first kappa shape index (κ1) is 14.2. The number of non-ortho nitro benzene ring substituents is 1. The Morgan fingerprint density at radius 3 is 2.30 bits per heavy atom. The van der Waals surface area contributed by atoms with Crippen molar-refractivity contribution in [2.75, 3.05) is 4.72 Å². The lowest BCUT2D eigenvalue weighted by Gasteiger charge is -2.06. The molecule has 2 aromatic rings. The molecule has 2 rings (SSSR count). The van der Waals surface area contributed by atoms with Crippen LogP contribution in [0.5, 0.6) is 0 Å². The van der Waals surface area contributed by atoms with Crippen LogP contribution in [-0.2, 0) is 10.0 Å². The highest BCUT2D eigenvalue weighted by Crippen LogP contribution is 2.18. The van der Waals surface area contributed by atoms with E-state index < -0.39 is 14.9 Å². The molecule has 0 saturated heterocycles. The van der Waals surface area contributed by atoms with Crippen LogP contribution in [-0.4, -0.2) is 18.3 Å². The van der Waals surface area contributed by atoms with E-state index in [9.17, 15) is 18.5 Å². The van der Waals surface area contributed by atoms with Crippen LogP contribution in [0, 0.1) is 10.1 Å². The van der Waals surface area contributed by atoms with Gasteiger partial charge in [0.2, 0.25) is 0 Å². The molecule has 1 aromatic carbocycles. The van der Waals surface area contributed by atoms with Crippen molar-refractivity contribution >= 4 is 33.1 Å². The smallest absolute Gasteiger partial charge is 0.263 e. The maximum atomic E-state index is 12.0. The molecule has 1 heterocycles. The van der Waals surface area contributed by atoms with Gasteiger partial charge in [0, 0.05) is 18.3 Å². The van der Waals surface area contributed by atoms with E-state index in [0.717, 1.165) is 24.3 Å². The quantitative estimate of drug-likeness (QED) is 0.690. The molecule has 0 fully saturated rings. The number of rotatable bonds is 4. The average Bonchev–Trinajstić information content (AvgIpc) is 2.41. The first-order valence-corrected chi connectivity index (χ1v) is 7.13. The Kier molecular flexibility index (Phi) is 3.86. The largest absolute Gasteiger partial charge is 0.269 e. The molecule has 0 aliphatic carbocycles. The number of sulfonamides is 1. The molecule has 1 aromatic heterocycles. The number of hydrogen-bond donors (Lipinski definition) is 1. The Morgan fingerprint density at radius 2 is 1.80 bits per heavy atom. The minimum Gasteiger partial charge on any atom is -0.263 e. The highest BCUT2D eigenvalue weighted by molar-refractivity contribution is 7.92. The lowest BCUT2D eigenvalue weighted by Crippen LogP contribution is -2.13. The minimum absolute atomic E-state index is 0.0974. The molecule has 7 nitrogen and oxygen atoms in total. The summed E-state index contributed by atoms with van der Waals surface area (Å²) in [5, 5.41) is 10.9. The van der Waals surface area contributed by atoms with Gasteiger partial charge >= 0.3 is 0 Å². The zero-order valence-electron chi connectivity index (χ0n) is 9.86. The SMILES string of the molecule is O=[N+]([O-])c1ccc(S(=O)(=O)Nc2ccc(Cl)cn2)cc1. The van der Waals surface area contributed by atoms with Crippen LogP contribution >= 0.6 is 11.6 Å². The van der Waals surface area contributed by atoms with E-state index in [0.29, 0.717) is 5.02 Å². The van der Waals surface area contributed by atoms with Crippen molar-refractivity contribution < 1.29 is 13.3 Å². The number of nitrogens with zero attached hydrogens (tertiary/aromatic N) is 2. The monoisotopic (exact) mass is 313 g/mol. The summed E-state index contributed by atoms with van der Waals surface area (Å²) in [6.45, 7) is 0. The maximum Gasteiger partial charge on any atom is 0.269 e. The van der Waals surface area contributed by atoms with E-state index in [4.69, 9.17) is 11.6 Å². The fraction of sp³-hybridized carbons (Fsp3) is 0. The number of pyridine rings is 1. The summed E-state index contributed by atoms with van der Waals surface area (Å²) in [5.41, 5.74) is -0.187. The molecule has 0 aliphatic heterocycles. The predicted molar refractivity (Wildman–Crippen MR) is 73.2 cm³/mol. The molecule has 0 unspecified atom stereocenters. The summed E-state index contributed by atoms with van der Waals surface area (Å²) >= 11 is 5.64. The lowest BCUT2D eigenvalue weighted by atomic mass is 10.3. The second-order valence-electron chi connectivity index (χ2n) is 3.72. The number of nitrogens with one attached hydrogen (secondary N) is 1. The van der Waals surface area contributed by atoms with Gasteiger partial charge in [0.15, 0.2) is 0 Å². The Hall–Kier alpha value is -2.19. The Balaban J connectivity index is 2.26. The normalized spacial score (nSPS) is 11.1. The summed E-state index contributed by atoms with van der Waals surface area (Å²) in [4.78, 5) is 13.6. The molecule has 0 saturated carbocycles. The Morgan fingerprint density at radius 1 is 1.15 bits per heavy atom. The van der Waals surface area contributed by atoms with Gasteiger partial charge < -0.3 is 0 Å². The van der Waals surface area contributed by atoms with Crippen molar-refractivity contribution in [3.8, 4) is 0 Å². The number of hydrogen-bond acceptors (Lipinski definition) is 5. The van der Waals surface area contributed by atoms with E-state index >= 15 is 0 Å². The fourth-order valence-corrected chi connectivity index (χ4v) is 2.50. The molecule has 0 spiro atoms. The van der Waals surface area contributed by atoms with Crippen LogP contribution in [0.1, 0.15) is 0 Å². The highest BCUT2D eigenvalue weighted by atomic mass is 35.5. The van der Waals surface area contributed by atoms with Gasteiger partial charge in [0.25, 0.3) is 15.7 Å². The van der Waals surface area contributed by atoms with Crippen molar-refractivity contribution in [1.29, 1.82) is 0 Å². The van der Waals surface area contributed by atoms with Gasteiger partial charge in [-0.2, -0.15) is 0 Å².